The number of likely N-dealkylation sites (N-methyl/N-ethyl adjacent to an activating group) is 1. The van der Waals surface area contributed by atoms with Crippen LogP contribution in [0.1, 0.15) is 33.4 Å². The zero-order valence-corrected chi connectivity index (χ0v) is 15.5. The van der Waals surface area contributed by atoms with Crippen LogP contribution in [-0.2, 0) is 11.8 Å². The van der Waals surface area contributed by atoms with Crippen molar-refractivity contribution >= 4 is 17.5 Å². The molecule has 2 N–H and O–H groups in total. The van der Waals surface area contributed by atoms with Crippen LogP contribution < -0.4 is 10.2 Å². The summed E-state index contributed by atoms with van der Waals surface area (Å²) in [4.78, 5) is 25.3. The number of amides is 2. The molecular formula is C19H24N4O3. The van der Waals surface area contributed by atoms with Crippen LogP contribution in [0.15, 0.2) is 36.9 Å². The monoisotopic (exact) mass is 356 g/mol. The molecule has 7 nitrogen and oxygen atoms in total. The predicted molar refractivity (Wildman–Crippen MR) is 100 cm³/mol. The van der Waals surface area contributed by atoms with Gasteiger partial charge in [0, 0.05) is 43.1 Å². The van der Waals surface area contributed by atoms with E-state index in [1.807, 2.05) is 20.9 Å². The second-order valence-corrected chi connectivity index (χ2v) is 6.08. The van der Waals surface area contributed by atoms with Gasteiger partial charge in [-0.3, -0.25) is 14.3 Å². The van der Waals surface area contributed by atoms with E-state index >= 15 is 0 Å². The maximum atomic E-state index is 12.3. The molecule has 1 atom stereocenters. The maximum absolute atomic E-state index is 12.3. The SMILES string of the molecule is C=CC(=O)N(C)c1ccc(C(=O)NCC(O)c2c(C)nn(C)c2C)cc1. The Labute approximate surface area is 152 Å². The molecule has 0 aliphatic carbocycles. The molecule has 0 saturated heterocycles. The van der Waals surface area contributed by atoms with Gasteiger partial charge in [-0.15, -0.1) is 0 Å². The van der Waals surface area contributed by atoms with E-state index in [0.29, 0.717) is 11.3 Å². The number of rotatable bonds is 6. The summed E-state index contributed by atoms with van der Waals surface area (Å²) in [6, 6.07) is 6.62. The number of hydrogen-bond acceptors (Lipinski definition) is 4. The Morgan fingerprint density at radius 2 is 1.96 bits per heavy atom. The van der Waals surface area contributed by atoms with Crippen molar-refractivity contribution in [2.45, 2.75) is 20.0 Å². The highest BCUT2D eigenvalue weighted by atomic mass is 16.3. The van der Waals surface area contributed by atoms with Gasteiger partial charge in [0.1, 0.15) is 0 Å². The summed E-state index contributed by atoms with van der Waals surface area (Å²) in [6.45, 7) is 7.24. The van der Waals surface area contributed by atoms with Crippen molar-refractivity contribution in [1.29, 1.82) is 0 Å². The standard InChI is InChI=1S/C19H24N4O3/c1-6-17(25)22(4)15-9-7-14(8-10-15)19(26)20-11-16(24)18-12(2)21-23(5)13(18)3/h6-10,16,24H,1,11H2,2-5H3,(H,20,26). The van der Waals surface area contributed by atoms with E-state index in [1.54, 1.807) is 36.0 Å². The molecule has 0 radical (unpaired) electrons. The highest BCUT2D eigenvalue weighted by molar-refractivity contribution is 6.01. The Morgan fingerprint density at radius 1 is 1.35 bits per heavy atom. The number of hydrogen-bond donors (Lipinski definition) is 2. The fourth-order valence-electron chi connectivity index (χ4n) is 2.77. The second kappa shape index (κ2) is 7.97. The summed E-state index contributed by atoms with van der Waals surface area (Å²) >= 11 is 0. The summed E-state index contributed by atoms with van der Waals surface area (Å²) in [5.41, 5.74) is 3.44. The lowest BCUT2D eigenvalue weighted by molar-refractivity contribution is -0.113. The van der Waals surface area contributed by atoms with Crippen molar-refractivity contribution in [3.05, 3.63) is 59.4 Å². The highest BCUT2D eigenvalue weighted by Gasteiger charge is 2.19. The number of anilines is 1. The van der Waals surface area contributed by atoms with Gasteiger partial charge in [-0.1, -0.05) is 6.58 Å². The molecule has 138 valence electrons. The van der Waals surface area contributed by atoms with Crippen LogP contribution in [0.5, 0.6) is 0 Å². The third-order valence-corrected chi connectivity index (χ3v) is 4.38. The molecule has 1 heterocycles. The first kappa shape index (κ1) is 19.4. The fourth-order valence-corrected chi connectivity index (χ4v) is 2.77. The van der Waals surface area contributed by atoms with Crippen molar-refractivity contribution in [2.24, 2.45) is 7.05 Å². The Morgan fingerprint density at radius 3 is 2.46 bits per heavy atom. The predicted octanol–water partition coefficient (Wildman–Crippen LogP) is 1.65. The van der Waals surface area contributed by atoms with Crippen molar-refractivity contribution in [2.75, 3.05) is 18.5 Å². The van der Waals surface area contributed by atoms with Crippen molar-refractivity contribution in [3.63, 3.8) is 0 Å². The average Bonchev–Trinajstić information content (AvgIpc) is 2.90. The molecular weight excluding hydrogens is 332 g/mol. The molecule has 7 heteroatoms. The molecule has 0 aliphatic rings. The highest BCUT2D eigenvalue weighted by Crippen LogP contribution is 2.20. The Balaban J connectivity index is 2.01. The summed E-state index contributed by atoms with van der Waals surface area (Å²) < 4.78 is 1.70. The lowest BCUT2D eigenvalue weighted by atomic mass is 10.1. The minimum Gasteiger partial charge on any atom is -0.386 e. The molecule has 0 fully saturated rings. The van der Waals surface area contributed by atoms with E-state index < -0.39 is 6.10 Å². The van der Waals surface area contributed by atoms with Crippen LogP contribution in [0.4, 0.5) is 5.69 Å². The number of nitrogens with one attached hydrogen (secondary N) is 1. The van der Waals surface area contributed by atoms with Crippen molar-refractivity contribution < 1.29 is 14.7 Å². The van der Waals surface area contributed by atoms with Gasteiger partial charge in [0.15, 0.2) is 0 Å². The molecule has 1 unspecified atom stereocenters. The van der Waals surface area contributed by atoms with Gasteiger partial charge < -0.3 is 15.3 Å². The van der Waals surface area contributed by atoms with Gasteiger partial charge in [-0.25, -0.2) is 0 Å². The van der Waals surface area contributed by atoms with Gasteiger partial charge in [-0.05, 0) is 44.2 Å². The van der Waals surface area contributed by atoms with Crippen LogP contribution in [-0.4, -0.2) is 40.3 Å². The summed E-state index contributed by atoms with van der Waals surface area (Å²) in [5.74, 6) is -0.528. The Kier molecular flexibility index (Phi) is 5.94. The topological polar surface area (TPSA) is 87.5 Å². The van der Waals surface area contributed by atoms with Crippen LogP contribution in [0.2, 0.25) is 0 Å². The van der Waals surface area contributed by atoms with Crippen LogP contribution in [0.3, 0.4) is 0 Å². The molecule has 2 amide bonds. The second-order valence-electron chi connectivity index (χ2n) is 6.08. The van der Waals surface area contributed by atoms with Crippen molar-refractivity contribution in [3.8, 4) is 0 Å². The van der Waals surface area contributed by atoms with E-state index in [0.717, 1.165) is 17.0 Å². The first-order chi connectivity index (χ1) is 12.3. The number of aliphatic hydroxyl groups is 1. The van der Waals surface area contributed by atoms with Crippen LogP contribution in [0, 0.1) is 13.8 Å². The molecule has 2 rings (SSSR count). The molecule has 2 aromatic rings. The summed E-state index contributed by atoms with van der Waals surface area (Å²) in [5, 5.41) is 17.4. The van der Waals surface area contributed by atoms with Gasteiger partial charge in [0.2, 0.25) is 5.91 Å². The first-order valence-electron chi connectivity index (χ1n) is 8.22. The number of nitrogens with zero attached hydrogens (tertiary/aromatic N) is 3. The van der Waals surface area contributed by atoms with Gasteiger partial charge in [-0.2, -0.15) is 5.10 Å². The molecule has 0 bridgehead atoms. The lowest BCUT2D eigenvalue weighted by Gasteiger charge is -2.16. The fraction of sp³-hybridized carbons (Fsp3) is 0.316. The first-order valence-corrected chi connectivity index (χ1v) is 8.22. The van der Waals surface area contributed by atoms with E-state index in [-0.39, 0.29) is 18.4 Å². The normalized spacial score (nSPS) is 11.7. The van der Waals surface area contributed by atoms with Gasteiger partial charge in [0.25, 0.3) is 5.91 Å². The quantitative estimate of drug-likeness (QED) is 0.771. The third-order valence-electron chi connectivity index (χ3n) is 4.38. The molecule has 0 spiro atoms. The number of benzene rings is 1. The largest absolute Gasteiger partial charge is 0.386 e. The summed E-state index contributed by atoms with van der Waals surface area (Å²) in [6.07, 6.45) is 0.396. The number of aryl methyl sites for hydroxylation is 2. The van der Waals surface area contributed by atoms with E-state index in [2.05, 4.69) is 17.0 Å². The van der Waals surface area contributed by atoms with E-state index in [1.165, 1.54) is 11.0 Å². The van der Waals surface area contributed by atoms with Crippen molar-refractivity contribution in [1.82, 2.24) is 15.1 Å². The van der Waals surface area contributed by atoms with E-state index in [9.17, 15) is 14.7 Å². The zero-order chi connectivity index (χ0) is 19.4. The maximum Gasteiger partial charge on any atom is 0.251 e. The minimum atomic E-state index is -0.830. The molecule has 0 aliphatic heterocycles. The molecule has 1 aromatic heterocycles. The van der Waals surface area contributed by atoms with Crippen LogP contribution in [0.25, 0.3) is 0 Å². The lowest BCUT2D eigenvalue weighted by Crippen LogP contribution is -2.29. The van der Waals surface area contributed by atoms with Crippen LogP contribution >= 0.6 is 0 Å². The van der Waals surface area contributed by atoms with E-state index in [4.69, 9.17) is 0 Å². The van der Waals surface area contributed by atoms with Gasteiger partial charge >= 0.3 is 0 Å². The smallest absolute Gasteiger partial charge is 0.251 e. The number of carbonyl (C=O) groups excluding carboxylic acids is 2. The molecule has 26 heavy (non-hydrogen) atoms. The molecule has 0 saturated carbocycles. The average molecular weight is 356 g/mol. The number of carbonyl (C=O) groups is 2. The van der Waals surface area contributed by atoms with Gasteiger partial charge in [0.05, 0.1) is 11.8 Å². The minimum absolute atomic E-state index is 0.0861. The Hall–Kier alpha value is -2.93. The number of aliphatic hydroxyl groups excluding tert-OH is 1. The number of aromatic nitrogens is 2. The zero-order valence-electron chi connectivity index (χ0n) is 15.5. The Bertz CT molecular complexity index is 824. The summed E-state index contributed by atoms with van der Waals surface area (Å²) in [7, 11) is 3.45. The third kappa shape index (κ3) is 4.00. The molecule has 1 aromatic carbocycles.